The third kappa shape index (κ3) is 7.37. The van der Waals surface area contributed by atoms with Crippen LogP contribution in [0.1, 0.15) is 71.6 Å². The van der Waals surface area contributed by atoms with Gasteiger partial charge < -0.3 is 10.6 Å². The van der Waals surface area contributed by atoms with Crippen LogP contribution in [0.3, 0.4) is 0 Å². The SMILES string of the molecule is CC(C)C1CCCC(NC(=NCC2CCS(=O)(=O)C2)NC2CCCC2)C1.I. The molecule has 3 aliphatic rings. The summed E-state index contributed by atoms with van der Waals surface area (Å²) in [5.41, 5.74) is 0. The molecule has 2 saturated carbocycles. The first kappa shape index (κ1) is 23.2. The van der Waals surface area contributed by atoms with Crippen molar-refractivity contribution >= 4 is 39.8 Å². The summed E-state index contributed by atoms with van der Waals surface area (Å²) in [7, 11) is -2.82. The van der Waals surface area contributed by atoms with E-state index in [1.54, 1.807) is 0 Å². The second-order valence-corrected chi connectivity index (χ2v) is 11.3. The summed E-state index contributed by atoms with van der Waals surface area (Å²) >= 11 is 0. The molecule has 2 aliphatic carbocycles. The van der Waals surface area contributed by atoms with Crippen LogP contribution in [-0.2, 0) is 9.84 Å². The average Bonchev–Trinajstić information content (AvgIpc) is 3.22. The van der Waals surface area contributed by atoms with E-state index < -0.39 is 9.84 Å². The lowest BCUT2D eigenvalue weighted by molar-refractivity contribution is 0.244. The lowest BCUT2D eigenvalue weighted by Gasteiger charge is -2.33. The zero-order valence-corrected chi connectivity index (χ0v) is 20.1. The molecule has 3 unspecified atom stereocenters. The van der Waals surface area contributed by atoms with Gasteiger partial charge in [-0.25, -0.2) is 8.42 Å². The van der Waals surface area contributed by atoms with Gasteiger partial charge in [0.1, 0.15) is 0 Å². The van der Waals surface area contributed by atoms with Crippen molar-refractivity contribution in [3.8, 4) is 0 Å². The van der Waals surface area contributed by atoms with Gasteiger partial charge in [-0.2, -0.15) is 0 Å². The van der Waals surface area contributed by atoms with Crippen molar-refractivity contribution in [2.24, 2.45) is 22.7 Å². The number of nitrogens with zero attached hydrogens (tertiary/aromatic N) is 1. The zero-order chi connectivity index (χ0) is 18.6. The molecule has 3 rings (SSSR count). The quantitative estimate of drug-likeness (QED) is 0.335. The number of hydrogen-bond donors (Lipinski definition) is 2. The van der Waals surface area contributed by atoms with Crippen LogP contribution in [0, 0.1) is 17.8 Å². The normalized spacial score (nSPS) is 31.7. The fourth-order valence-electron chi connectivity index (χ4n) is 4.79. The summed E-state index contributed by atoms with van der Waals surface area (Å²) in [5.74, 6) is 3.31. The monoisotopic (exact) mass is 511 g/mol. The summed E-state index contributed by atoms with van der Waals surface area (Å²) < 4.78 is 23.4. The molecule has 0 aromatic rings. The fraction of sp³-hybridized carbons (Fsp3) is 0.950. The van der Waals surface area contributed by atoms with E-state index in [9.17, 15) is 8.42 Å². The Kier molecular flexibility index (Phi) is 9.16. The van der Waals surface area contributed by atoms with E-state index in [1.165, 1.54) is 51.4 Å². The van der Waals surface area contributed by atoms with Gasteiger partial charge in [-0.05, 0) is 49.9 Å². The molecule has 5 nitrogen and oxygen atoms in total. The molecule has 0 aromatic carbocycles. The van der Waals surface area contributed by atoms with E-state index in [0.717, 1.165) is 24.2 Å². The minimum Gasteiger partial charge on any atom is -0.354 e. The van der Waals surface area contributed by atoms with Crippen molar-refractivity contribution < 1.29 is 8.42 Å². The molecule has 1 heterocycles. The van der Waals surface area contributed by atoms with Crippen LogP contribution >= 0.6 is 24.0 Å². The smallest absolute Gasteiger partial charge is 0.191 e. The van der Waals surface area contributed by atoms with Crippen LogP contribution in [0.25, 0.3) is 0 Å². The Morgan fingerprint density at radius 1 is 1.00 bits per heavy atom. The molecule has 0 spiro atoms. The maximum Gasteiger partial charge on any atom is 0.191 e. The van der Waals surface area contributed by atoms with E-state index in [4.69, 9.17) is 4.99 Å². The standard InChI is InChI=1S/C20H37N3O2S.HI/c1-15(2)17-6-5-9-19(12-17)23-20(22-18-7-3-4-8-18)21-13-16-10-11-26(24,25)14-16;/h15-19H,3-14H2,1-2H3,(H2,21,22,23);1H. The van der Waals surface area contributed by atoms with E-state index in [1.807, 2.05) is 0 Å². The summed E-state index contributed by atoms with van der Waals surface area (Å²) in [6.45, 7) is 5.29. The van der Waals surface area contributed by atoms with Crippen molar-refractivity contribution in [2.75, 3.05) is 18.1 Å². The van der Waals surface area contributed by atoms with Crippen molar-refractivity contribution in [2.45, 2.75) is 83.7 Å². The van der Waals surface area contributed by atoms with Gasteiger partial charge in [0.25, 0.3) is 0 Å². The highest BCUT2D eigenvalue weighted by atomic mass is 127. The van der Waals surface area contributed by atoms with Crippen LogP contribution in [0.2, 0.25) is 0 Å². The Balaban J connectivity index is 0.00000261. The largest absolute Gasteiger partial charge is 0.354 e. The third-order valence-electron chi connectivity index (χ3n) is 6.53. The maximum atomic E-state index is 11.7. The molecule has 3 fully saturated rings. The number of rotatable bonds is 5. The second-order valence-electron chi connectivity index (χ2n) is 9.10. The molecular formula is C20H38IN3O2S. The Bertz CT molecular complexity index is 588. The van der Waals surface area contributed by atoms with Gasteiger partial charge in [-0.15, -0.1) is 24.0 Å². The van der Waals surface area contributed by atoms with E-state index in [0.29, 0.717) is 30.1 Å². The Morgan fingerprint density at radius 3 is 2.30 bits per heavy atom. The van der Waals surface area contributed by atoms with Gasteiger partial charge in [-0.3, -0.25) is 4.99 Å². The minimum absolute atomic E-state index is 0. The molecule has 1 saturated heterocycles. The number of sulfone groups is 1. The topological polar surface area (TPSA) is 70.6 Å². The lowest BCUT2D eigenvalue weighted by atomic mass is 9.79. The summed E-state index contributed by atoms with van der Waals surface area (Å²) in [6.07, 6.45) is 10.9. The molecule has 7 heteroatoms. The van der Waals surface area contributed by atoms with E-state index in [-0.39, 0.29) is 29.9 Å². The van der Waals surface area contributed by atoms with E-state index in [2.05, 4.69) is 24.5 Å². The van der Waals surface area contributed by atoms with Gasteiger partial charge >= 0.3 is 0 Å². The average molecular weight is 512 g/mol. The molecule has 1 aliphatic heterocycles. The molecule has 0 bridgehead atoms. The Labute approximate surface area is 182 Å². The summed E-state index contributed by atoms with van der Waals surface area (Å²) in [6, 6.07) is 1.02. The highest BCUT2D eigenvalue weighted by molar-refractivity contribution is 14.0. The van der Waals surface area contributed by atoms with E-state index >= 15 is 0 Å². The first-order valence-corrected chi connectivity index (χ1v) is 12.5. The highest BCUT2D eigenvalue weighted by Crippen LogP contribution is 2.30. The lowest BCUT2D eigenvalue weighted by Crippen LogP contribution is -2.48. The third-order valence-corrected chi connectivity index (χ3v) is 8.37. The molecular weight excluding hydrogens is 473 g/mol. The van der Waals surface area contributed by atoms with Crippen molar-refractivity contribution in [1.29, 1.82) is 0 Å². The number of nitrogens with one attached hydrogen (secondary N) is 2. The van der Waals surface area contributed by atoms with Crippen LogP contribution in [0.4, 0.5) is 0 Å². The zero-order valence-electron chi connectivity index (χ0n) is 17.0. The molecule has 0 amide bonds. The van der Waals surface area contributed by atoms with Gasteiger partial charge in [-0.1, -0.05) is 39.5 Å². The van der Waals surface area contributed by atoms with Crippen LogP contribution < -0.4 is 10.6 Å². The first-order chi connectivity index (χ1) is 12.4. The summed E-state index contributed by atoms with van der Waals surface area (Å²) in [5, 5.41) is 7.34. The van der Waals surface area contributed by atoms with Gasteiger partial charge in [0.15, 0.2) is 15.8 Å². The molecule has 3 atom stereocenters. The first-order valence-electron chi connectivity index (χ1n) is 10.7. The van der Waals surface area contributed by atoms with Crippen molar-refractivity contribution in [1.82, 2.24) is 10.6 Å². The summed E-state index contributed by atoms with van der Waals surface area (Å²) in [4.78, 5) is 4.83. The molecule has 158 valence electrons. The number of aliphatic imine (C=N–C) groups is 1. The Hall–Kier alpha value is -0.0500. The van der Waals surface area contributed by atoms with Gasteiger partial charge in [0.2, 0.25) is 0 Å². The van der Waals surface area contributed by atoms with Crippen LogP contribution in [0.15, 0.2) is 4.99 Å². The number of halogens is 1. The van der Waals surface area contributed by atoms with Gasteiger partial charge in [0, 0.05) is 18.6 Å². The van der Waals surface area contributed by atoms with Crippen molar-refractivity contribution in [3.63, 3.8) is 0 Å². The minimum atomic E-state index is -2.82. The second kappa shape index (κ2) is 10.6. The predicted molar refractivity (Wildman–Crippen MR) is 124 cm³/mol. The Morgan fingerprint density at radius 2 is 1.67 bits per heavy atom. The maximum absolute atomic E-state index is 11.7. The fourth-order valence-corrected chi connectivity index (χ4v) is 6.64. The number of hydrogen-bond acceptors (Lipinski definition) is 3. The van der Waals surface area contributed by atoms with Crippen molar-refractivity contribution in [3.05, 3.63) is 0 Å². The van der Waals surface area contributed by atoms with Gasteiger partial charge in [0.05, 0.1) is 11.5 Å². The molecule has 27 heavy (non-hydrogen) atoms. The van der Waals surface area contributed by atoms with Crippen LogP contribution in [0.5, 0.6) is 0 Å². The van der Waals surface area contributed by atoms with Crippen LogP contribution in [-0.4, -0.2) is 44.5 Å². The molecule has 0 radical (unpaired) electrons. The number of guanidine groups is 1. The predicted octanol–water partition coefficient (Wildman–Crippen LogP) is 3.73. The highest BCUT2D eigenvalue weighted by Gasteiger charge is 2.29. The molecule has 0 aromatic heterocycles. The molecule has 2 N–H and O–H groups in total.